The molecular weight excluding hydrogens is 456 g/mol. The summed E-state index contributed by atoms with van der Waals surface area (Å²) < 4.78 is 22.8. The highest BCUT2D eigenvalue weighted by Crippen LogP contribution is 2.32. The molecular formula is C20H40N4O10. The molecule has 15 unspecified atom stereocenters. The van der Waals surface area contributed by atoms with Gasteiger partial charge in [0.2, 0.25) is 0 Å². The van der Waals surface area contributed by atoms with Gasteiger partial charge >= 0.3 is 0 Å². The minimum Gasteiger partial charge on any atom is -0.391 e. The van der Waals surface area contributed by atoms with Crippen LogP contribution in [0.2, 0.25) is 0 Å². The van der Waals surface area contributed by atoms with Crippen molar-refractivity contribution in [1.82, 2.24) is 5.32 Å². The average Bonchev–Trinajstić information content (AvgIpc) is 2.75. The fraction of sp³-hybridized carbons (Fsp3) is 1.00. The topological polar surface area (TPSA) is 248 Å². The summed E-state index contributed by atoms with van der Waals surface area (Å²) in [5.41, 5.74) is 17.0. The monoisotopic (exact) mass is 496 g/mol. The summed E-state index contributed by atoms with van der Waals surface area (Å²) in [6.07, 6.45) is -12.4. The van der Waals surface area contributed by atoms with Gasteiger partial charge in [0, 0.05) is 12.1 Å². The molecule has 3 fully saturated rings. The number of nitrogens with one attached hydrogen (secondary N) is 1. The van der Waals surface area contributed by atoms with Gasteiger partial charge in [-0.2, -0.15) is 0 Å². The smallest absolute Gasteiger partial charge is 0.185 e. The quantitative estimate of drug-likeness (QED) is 0.165. The number of hydrogen-bond acceptors (Lipinski definition) is 14. The van der Waals surface area contributed by atoms with Crippen molar-refractivity contribution in [2.45, 2.75) is 111 Å². The second kappa shape index (κ2) is 10.8. The van der Waals surface area contributed by atoms with Crippen LogP contribution in [0.25, 0.3) is 0 Å². The van der Waals surface area contributed by atoms with Crippen molar-refractivity contribution in [3.63, 3.8) is 0 Å². The van der Waals surface area contributed by atoms with Gasteiger partial charge in [-0.15, -0.1) is 0 Å². The maximum Gasteiger partial charge on any atom is 0.185 e. The molecule has 2 saturated heterocycles. The van der Waals surface area contributed by atoms with Gasteiger partial charge in [0.1, 0.15) is 48.3 Å². The number of ether oxygens (including phenoxy) is 4. The Morgan fingerprint density at radius 1 is 0.941 bits per heavy atom. The average molecular weight is 497 g/mol. The highest BCUT2D eigenvalue weighted by atomic mass is 16.7. The zero-order valence-electron chi connectivity index (χ0n) is 19.5. The number of likely N-dealkylation sites (N-methyl/N-ethyl adjacent to an activating group) is 1. The van der Waals surface area contributed by atoms with E-state index in [1.807, 2.05) is 0 Å². The Kier molecular flexibility index (Phi) is 8.92. The summed E-state index contributed by atoms with van der Waals surface area (Å²) in [6, 6.07) is -3.47. The minimum atomic E-state index is -1.46. The normalized spacial score (nSPS) is 53.5. The minimum absolute atomic E-state index is 0.135. The first-order chi connectivity index (χ1) is 15.8. The van der Waals surface area contributed by atoms with Crippen LogP contribution in [0.4, 0.5) is 0 Å². The van der Waals surface area contributed by atoms with Crippen LogP contribution in [0.15, 0.2) is 0 Å². The van der Waals surface area contributed by atoms with Crippen molar-refractivity contribution in [2.24, 2.45) is 17.2 Å². The first-order valence-electron chi connectivity index (χ1n) is 11.4. The van der Waals surface area contributed by atoms with Crippen LogP contribution >= 0.6 is 0 Å². The molecule has 15 atom stereocenters. The lowest BCUT2D eigenvalue weighted by atomic mass is 9.84. The van der Waals surface area contributed by atoms with E-state index in [0.29, 0.717) is 0 Å². The molecule has 0 aromatic heterocycles. The summed E-state index contributed by atoms with van der Waals surface area (Å²) in [5, 5.41) is 65.2. The van der Waals surface area contributed by atoms with Crippen molar-refractivity contribution in [3.05, 3.63) is 0 Å². The SMILES string of the molecule is CNC1C(O)C(OC2C(N)CC(N)C(OC3OC(C(C)O)C(O)C(O)C3N)C2O)OCC1(C)O. The summed E-state index contributed by atoms with van der Waals surface area (Å²) in [7, 11) is 1.58. The van der Waals surface area contributed by atoms with Crippen LogP contribution in [-0.4, -0.2) is 135 Å². The maximum atomic E-state index is 11.1. The molecule has 0 aromatic rings. The Balaban J connectivity index is 1.73. The van der Waals surface area contributed by atoms with E-state index in [1.54, 1.807) is 7.05 Å². The lowest BCUT2D eigenvalue weighted by molar-refractivity contribution is -0.319. The summed E-state index contributed by atoms with van der Waals surface area (Å²) in [4.78, 5) is 0. The van der Waals surface area contributed by atoms with E-state index in [4.69, 9.17) is 36.1 Å². The molecule has 14 nitrogen and oxygen atoms in total. The number of aliphatic hydroxyl groups is 6. The van der Waals surface area contributed by atoms with Crippen LogP contribution in [0.1, 0.15) is 20.3 Å². The van der Waals surface area contributed by atoms with Crippen molar-refractivity contribution in [2.75, 3.05) is 13.7 Å². The van der Waals surface area contributed by atoms with Crippen LogP contribution in [0, 0.1) is 0 Å². The zero-order chi connectivity index (χ0) is 25.5. The van der Waals surface area contributed by atoms with Gasteiger partial charge in [-0.25, -0.2) is 0 Å². The van der Waals surface area contributed by atoms with E-state index in [9.17, 15) is 30.6 Å². The van der Waals surface area contributed by atoms with E-state index in [1.165, 1.54) is 13.8 Å². The third-order valence-corrected chi connectivity index (χ3v) is 6.95. The van der Waals surface area contributed by atoms with Crippen molar-refractivity contribution < 1.29 is 49.6 Å². The highest BCUT2D eigenvalue weighted by molar-refractivity contribution is 5.02. The van der Waals surface area contributed by atoms with Crippen molar-refractivity contribution in [1.29, 1.82) is 0 Å². The van der Waals surface area contributed by atoms with Crippen LogP contribution in [0.3, 0.4) is 0 Å². The van der Waals surface area contributed by atoms with E-state index in [0.717, 1.165) is 0 Å². The fourth-order valence-corrected chi connectivity index (χ4v) is 4.95. The van der Waals surface area contributed by atoms with Crippen LogP contribution < -0.4 is 22.5 Å². The molecule has 2 aliphatic heterocycles. The van der Waals surface area contributed by atoms with Gasteiger partial charge in [0.15, 0.2) is 12.6 Å². The fourth-order valence-electron chi connectivity index (χ4n) is 4.95. The van der Waals surface area contributed by atoms with Gasteiger partial charge in [0.25, 0.3) is 0 Å². The number of aliphatic hydroxyl groups excluding tert-OH is 5. The van der Waals surface area contributed by atoms with Gasteiger partial charge in [-0.05, 0) is 27.3 Å². The van der Waals surface area contributed by atoms with E-state index < -0.39 is 91.2 Å². The standard InChI is InChI=1S/C20H40N4O10/c1-6(25)14-11(27)10(26)9(23)18(32-14)33-15-7(21)4-8(22)16(12(15)28)34-19-13(29)17(24-3)20(2,30)5-31-19/h6-19,24-30H,4-5,21-23H2,1-3H3. The molecule has 0 bridgehead atoms. The molecule has 200 valence electrons. The van der Waals surface area contributed by atoms with E-state index in [2.05, 4.69) is 5.32 Å². The first-order valence-corrected chi connectivity index (χ1v) is 11.4. The van der Waals surface area contributed by atoms with Crippen LogP contribution in [0.5, 0.6) is 0 Å². The molecule has 0 aromatic carbocycles. The van der Waals surface area contributed by atoms with Gasteiger partial charge in [-0.3, -0.25) is 0 Å². The Labute approximate surface area is 197 Å². The Morgan fingerprint density at radius 2 is 1.50 bits per heavy atom. The molecule has 3 rings (SSSR count). The Bertz CT molecular complexity index is 675. The molecule has 0 radical (unpaired) electrons. The molecule has 13 N–H and O–H groups in total. The summed E-state index contributed by atoms with van der Waals surface area (Å²) >= 11 is 0. The Morgan fingerprint density at radius 3 is 2.03 bits per heavy atom. The predicted molar refractivity (Wildman–Crippen MR) is 116 cm³/mol. The van der Waals surface area contributed by atoms with Gasteiger partial charge in [-0.1, -0.05) is 0 Å². The van der Waals surface area contributed by atoms with Crippen molar-refractivity contribution >= 4 is 0 Å². The molecule has 2 heterocycles. The summed E-state index contributed by atoms with van der Waals surface area (Å²) in [6.45, 7) is 2.75. The van der Waals surface area contributed by atoms with E-state index in [-0.39, 0.29) is 13.0 Å². The molecule has 1 saturated carbocycles. The highest BCUT2D eigenvalue weighted by Gasteiger charge is 2.52. The maximum absolute atomic E-state index is 11.1. The molecule has 0 spiro atoms. The van der Waals surface area contributed by atoms with E-state index >= 15 is 0 Å². The molecule has 14 heteroatoms. The second-order valence-electron chi connectivity index (χ2n) is 9.82. The predicted octanol–water partition coefficient (Wildman–Crippen LogP) is -5.61. The van der Waals surface area contributed by atoms with Crippen molar-refractivity contribution in [3.8, 4) is 0 Å². The third-order valence-electron chi connectivity index (χ3n) is 6.95. The third kappa shape index (κ3) is 5.40. The molecule has 34 heavy (non-hydrogen) atoms. The summed E-state index contributed by atoms with van der Waals surface area (Å²) in [5.74, 6) is 0. The zero-order valence-corrected chi connectivity index (χ0v) is 19.5. The lowest BCUT2D eigenvalue weighted by Crippen LogP contribution is -2.69. The van der Waals surface area contributed by atoms with Crippen LogP contribution in [-0.2, 0) is 18.9 Å². The van der Waals surface area contributed by atoms with Gasteiger partial charge in [0.05, 0.1) is 24.8 Å². The first kappa shape index (κ1) is 28.0. The van der Waals surface area contributed by atoms with Gasteiger partial charge < -0.3 is 72.1 Å². The number of rotatable bonds is 6. The number of nitrogens with two attached hydrogens (primary N) is 3. The largest absolute Gasteiger partial charge is 0.391 e. The molecule has 3 aliphatic rings. The molecule has 0 amide bonds. The second-order valence-corrected chi connectivity index (χ2v) is 9.82. The molecule has 1 aliphatic carbocycles. The lowest BCUT2D eigenvalue weighted by Gasteiger charge is -2.49. The Hall–Kier alpha value is -0.560. The number of hydrogen-bond donors (Lipinski definition) is 10.